The van der Waals surface area contributed by atoms with Gasteiger partial charge < -0.3 is 5.32 Å². The second-order valence-corrected chi connectivity index (χ2v) is 5.33. The van der Waals surface area contributed by atoms with Gasteiger partial charge in [-0.1, -0.05) is 36.7 Å². The quantitative estimate of drug-likeness (QED) is 0.797. The van der Waals surface area contributed by atoms with Gasteiger partial charge in [0.05, 0.1) is 5.02 Å². The fourth-order valence-electron chi connectivity index (χ4n) is 2.18. The van der Waals surface area contributed by atoms with Crippen molar-refractivity contribution in [2.45, 2.75) is 26.3 Å². The van der Waals surface area contributed by atoms with Gasteiger partial charge in [-0.3, -0.25) is 0 Å². The van der Waals surface area contributed by atoms with Crippen LogP contribution in [-0.2, 0) is 0 Å². The van der Waals surface area contributed by atoms with E-state index in [9.17, 15) is 4.39 Å². The van der Waals surface area contributed by atoms with Crippen molar-refractivity contribution in [3.8, 4) is 11.1 Å². The molecule has 0 aliphatic rings. The molecule has 2 aromatic rings. The Labute approximate surface area is 124 Å². The highest BCUT2D eigenvalue weighted by Gasteiger charge is 2.08. The van der Waals surface area contributed by atoms with Crippen molar-refractivity contribution in [1.82, 2.24) is 5.32 Å². The number of nitrogens with one attached hydrogen (secondary N) is 1. The van der Waals surface area contributed by atoms with Crippen LogP contribution in [0.15, 0.2) is 42.5 Å². The molecule has 2 rings (SSSR count). The summed E-state index contributed by atoms with van der Waals surface area (Å²) in [6.45, 7) is 5.28. The Morgan fingerprint density at radius 2 is 2.00 bits per heavy atom. The summed E-state index contributed by atoms with van der Waals surface area (Å²) in [7, 11) is 0. The van der Waals surface area contributed by atoms with Crippen LogP contribution in [0.3, 0.4) is 0 Å². The molecular formula is C17H19ClFN. The zero-order valence-corrected chi connectivity index (χ0v) is 12.5. The minimum absolute atomic E-state index is 0.286. The Morgan fingerprint density at radius 1 is 1.20 bits per heavy atom. The molecule has 1 unspecified atom stereocenters. The van der Waals surface area contributed by atoms with Gasteiger partial charge in [0.25, 0.3) is 0 Å². The molecule has 20 heavy (non-hydrogen) atoms. The van der Waals surface area contributed by atoms with Crippen LogP contribution in [0.1, 0.15) is 31.9 Å². The Bertz CT molecular complexity index is 583. The standard InChI is InChI=1S/C17H19ClFN/c1-3-9-20-12(2)13-5-4-6-14(10-13)16-8-7-15(19)11-17(16)18/h4-8,10-12,20H,3,9H2,1-2H3. The van der Waals surface area contributed by atoms with Crippen LogP contribution in [-0.4, -0.2) is 6.54 Å². The molecular weight excluding hydrogens is 273 g/mol. The minimum Gasteiger partial charge on any atom is -0.310 e. The summed E-state index contributed by atoms with van der Waals surface area (Å²) in [5.41, 5.74) is 3.08. The summed E-state index contributed by atoms with van der Waals surface area (Å²) in [4.78, 5) is 0. The van der Waals surface area contributed by atoms with E-state index in [1.165, 1.54) is 17.7 Å². The lowest BCUT2D eigenvalue weighted by Gasteiger charge is -2.15. The maximum atomic E-state index is 13.1. The third-order valence-electron chi connectivity index (χ3n) is 3.33. The van der Waals surface area contributed by atoms with E-state index in [1.807, 2.05) is 12.1 Å². The van der Waals surface area contributed by atoms with E-state index in [2.05, 4.69) is 31.3 Å². The van der Waals surface area contributed by atoms with Gasteiger partial charge in [0.15, 0.2) is 0 Å². The van der Waals surface area contributed by atoms with E-state index in [1.54, 1.807) is 6.07 Å². The summed E-state index contributed by atoms with van der Waals surface area (Å²) in [5, 5.41) is 3.90. The van der Waals surface area contributed by atoms with E-state index < -0.39 is 0 Å². The van der Waals surface area contributed by atoms with Crippen LogP contribution in [0.25, 0.3) is 11.1 Å². The third-order valence-corrected chi connectivity index (χ3v) is 3.64. The van der Waals surface area contributed by atoms with Gasteiger partial charge in [-0.15, -0.1) is 0 Å². The first-order valence-electron chi connectivity index (χ1n) is 6.90. The molecule has 0 spiro atoms. The molecule has 0 aliphatic heterocycles. The molecule has 0 fully saturated rings. The second-order valence-electron chi connectivity index (χ2n) is 4.93. The van der Waals surface area contributed by atoms with E-state index in [-0.39, 0.29) is 11.9 Å². The minimum atomic E-state index is -0.312. The van der Waals surface area contributed by atoms with Gasteiger partial charge in [-0.25, -0.2) is 4.39 Å². The van der Waals surface area contributed by atoms with Gasteiger partial charge in [0, 0.05) is 11.6 Å². The molecule has 0 radical (unpaired) electrons. The van der Waals surface area contributed by atoms with Crippen LogP contribution in [0.4, 0.5) is 4.39 Å². The maximum Gasteiger partial charge on any atom is 0.124 e. The van der Waals surface area contributed by atoms with E-state index in [4.69, 9.17) is 11.6 Å². The Balaban J connectivity index is 2.29. The molecule has 1 atom stereocenters. The molecule has 0 saturated carbocycles. The Hall–Kier alpha value is -1.38. The van der Waals surface area contributed by atoms with Crippen LogP contribution in [0, 0.1) is 5.82 Å². The number of halogens is 2. The normalized spacial score (nSPS) is 12.4. The largest absolute Gasteiger partial charge is 0.310 e. The summed E-state index contributed by atoms with van der Waals surface area (Å²) in [5.74, 6) is -0.312. The molecule has 106 valence electrons. The topological polar surface area (TPSA) is 12.0 Å². The smallest absolute Gasteiger partial charge is 0.124 e. The zero-order chi connectivity index (χ0) is 14.5. The number of hydrogen-bond acceptors (Lipinski definition) is 1. The molecule has 3 heteroatoms. The first-order chi connectivity index (χ1) is 9.61. The number of benzene rings is 2. The van der Waals surface area contributed by atoms with Gasteiger partial charge in [0.2, 0.25) is 0 Å². The zero-order valence-electron chi connectivity index (χ0n) is 11.8. The first-order valence-corrected chi connectivity index (χ1v) is 7.28. The monoisotopic (exact) mass is 291 g/mol. The molecule has 0 heterocycles. The molecule has 2 aromatic carbocycles. The van der Waals surface area contributed by atoms with Gasteiger partial charge in [-0.05, 0) is 55.3 Å². The van der Waals surface area contributed by atoms with Crippen LogP contribution >= 0.6 is 11.6 Å². The van der Waals surface area contributed by atoms with E-state index in [0.717, 1.165) is 24.1 Å². The molecule has 0 amide bonds. The van der Waals surface area contributed by atoms with Crippen molar-refractivity contribution in [2.75, 3.05) is 6.54 Å². The summed E-state index contributed by atoms with van der Waals surface area (Å²) in [6, 6.07) is 13.0. The predicted octanol–water partition coefficient (Wildman–Crippen LogP) is 5.21. The van der Waals surface area contributed by atoms with Crippen molar-refractivity contribution in [2.24, 2.45) is 0 Å². The third kappa shape index (κ3) is 3.59. The van der Waals surface area contributed by atoms with Crippen molar-refractivity contribution < 1.29 is 4.39 Å². The fourth-order valence-corrected chi connectivity index (χ4v) is 2.45. The molecule has 1 nitrogen and oxygen atoms in total. The van der Waals surface area contributed by atoms with E-state index in [0.29, 0.717) is 5.02 Å². The lowest BCUT2D eigenvalue weighted by atomic mass is 10.00. The Kier molecular flexibility index (Phi) is 5.16. The molecule has 1 N–H and O–H groups in total. The molecule has 0 aromatic heterocycles. The molecule has 0 saturated heterocycles. The van der Waals surface area contributed by atoms with Crippen molar-refractivity contribution in [1.29, 1.82) is 0 Å². The summed E-state index contributed by atoms with van der Waals surface area (Å²) < 4.78 is 13.1. The lowest BCUT2D eigenvalue weighted by molar-refractivity contribution is 0.571. The molecule has 0 aliphatic carbocycles. The van der Waals surface area contributed by atoms with Crippen LogP contribution in [0.2, 0.25) is 5.02 Å². The van der Waals surface area contributed by atoms with Gasteiger partial charge >= 0.3 is 0 Å². The van der Waals surface area contributed by atoms with Crippen molar-refractivity contribution >= 4 is 11.6 Å². The summed E-state index contributed by atoms with van der Waals surface area (Å²) in [6.07, 6.45) is 1.10. The lowest BCUT2D eigenvalue weighted by Crippen LogP contribution is -2.19. The fraction of sp³-hybridized carbons (Fsp3) is 0.294. The average Bonchev–Trinajstić information content (AvgIpc) is 2.45. The van der Waals surface area contributed by atoms with Crippen LogP contribution in [0.5, 0.6) is 0 Å². The Morgan fingerprint density at radius 3 is 2.70 bits per heavy atom. The maximum absolute atomic E-state index is 13.1. The highest BCUT2D eigenvalue weighted by molar-refractivity contribution is 6.33. The van der Waals surface area contributed by atoms with Crippen molar-refractivity contribution in [3.05, 3.63) is 58.9 Å². The van der Waals surface area contributed by atoms with Crippen LogP contribution < -0.4 is 5.32 Å². The second kappa shape index (κ2) is 6.87. The SMILES string of the molecule is CCCNC(C)c1cccc(-c2ccc(F)cc2Cl)c1. The highest BCUT2D eigenvalue weighted by Crippen LogP contribution is 2.30. The molecule has 0 bridgehead atoms. The highest BCUT2D eigenvalue weighted by atomic mass is 35.5. The van der Waals surface area contributed by atoms with Gasteiger partial charge in [-0.2, -0.15) is 0 Å². The summed E-state index contributed by atoms with van der Waals surface area (Å²) >= 11 is 6.12. The number of hydrogen-bond donors (Lipinski definition) is 1. The van der Waals surface area contributed by atoms with E-state index >= 15 is 0 Å². The number of rotatable bonds is 5. The predicted molar refractivity (Wildman–Crippen MR) is 83.6 cm³/mol. The average molecular weight is 292 g/mol. The first kappa shape index (κ1) is 15.0. The van der Waals surface area contributed by atoms with Crippen molar-refractivity contribution in [3.63, 3.8) is 0 Å². The van der Waals surface area contributed by atoms with Gasteiger partial charge in [0.1, 0.15) is 5.82 Å².